The molecule has 11 nitrogen and oxygen atoms in total. The molecule has 0 aliphatic carbocycles. The molecule has 3 aromatic rings. The Labute approximate surface area is 171 Å². The summed E-state index contributed by atoms with van der Waals surface area (Å²) in [5.74, 6) is -1.10. The van der Waals surface area contributed by atoms with Gasteiger partial charge in [-0.25, -0.2) is 4.79 Å². The summed E-state index contributed by atoms with van der Waals surface area (Å²) in [5.41, 5.74) is 2.07. The zero-order valence-corrected chi connectivity index (χ0v) is 16.9. The second-order valence-electron chi connectivity index (χ2n) is 6.65. The molecule has 2 heterocycles. The average molecular weight is 412 g/mol. The van der Waals surface area contributed by atoms with E-state index < -0.39 is 16.8 Å². The van der Waals surface area contributed by atoms with Gasteiger partial charge in [-0.3, -0.25) is 24.3 Å². The summed E-state index contributed by atoms with van der Waals surface area (Å²) in [6, 6.07) is 6.78. The Kier molecular flexibility index (Phi) is 5.63. The molecule has 0 unspecified atom stereocenters. The fourth-order valence-corrected chi connectivity index (χ4v) is 3.11. The lowest BCUT2D eigenvalue weighted by atomic mass is 10.1. The Morgan fingerprint density at radius 2 is 2.00 bits per heavy atom. The van der Waals surface area contributed by atoms with Crippen LogP contribution in [0.1, 0.15) is 37.8 Å². The predicted molar refractivity (Wildman–Crippen MR) is 106 cm³/mol. The number of amides is 1. The van der Waals surface area contributed by atoms with Crippen molar-refractivity contribution < 1.29 is 19.2 Å². The van der Waals surface area contributed by atoms with Crippen LogP contribution in [0.25, 0.3) is 0 Å². The molecule has 0 spiro atoms. The maximum Gasteiger partial charge on any atom is 0.360 e. The van der Waals surface area contributed by atoms with E-state index in [-0.39, 0.29) is 23.6 Å². The van der Waals surface area contributed by atoms with Gasteiger partial charge in [0.25, 0.3) is 5.91 Å². The first-order valence-corrected chi connectivity index (χ1v) is 8.92. The second kappa shape index (κ2) is 8.15. The number of benzene rings is 1. The third kappa shape index (κ3) is 4.04. The van der Waals surface area contributed by atoms with Gasteiger partial charge in [0.1, 0.15) is 11.4 Å². The molecule has 1 amide bonds. The van der Waals surface area contributed by atoms with Crippen molar-refractivity contribution in [3.8, 4) is 0 Å². The van der Waals surface area contributed by atoms with E-state index in [1.807, 2.05) is 0 Å². The molecule has 1 aromatic carbocycles. The minimum Gasteiger partial charge on any atom is -0.464 e. The van der Waals surface area contributed by atoms with Crippen molar-refractivity contribution in [3.05, 3.63) is 68.8 Å². The topological polar surface area (TPSA) is 134 Å². The molecule has 0 saturated heterocycles. The monoisotopic (exact) mass is 412 g/mol. The van der Waals surface area contributed by atoms with Crippen LogP contribution in [0.5, 0.6) is 0 Å². The van der Waals surface area contributed by atoms with Gasteiger partial charge in [0.2, 0.25) is 0 Å². The normalized spacial score (nSPS) is 10.7. The van der Waals surface area contributed by atoms with E-state index in [0.29, 0.717) is 17.0 Å². The van der Waals surface area contributed by atoms with Crippen LogP contribution in [-0.2, 0) is 18.3 Å². The number of ether oxygens (including phenoxy) is 1. The molecule has 30 heavy (non-hydrogen) atoms. The van der Waals surface area contributed by atoms with Gasteiger partial charge in [-0.05, 0) is 31.5 Å². The van der Waals surface area contributed by atoms with Gasteiger partial charge in [0, 0.05) is 18.8 Å². The van der Waals surface area contributed by atoms with Crippen molar-refractivity contribution in [1.29, 1.82) is 0 Å². The number of nitrogens with one attached hydrogen (secondary N) is 1. The van der Waals surface area contributed by atoms with E-state index in [9.17, 15) is 19.7 Å². The Morgan fingerprint density at radius 1 is 1.27 bits per heavy atom. The van der Waals surface area contributed by atoms with E-state index >= 15 is 0 Å². The van der Waals surface area contributed by atoms with E-state index in [1.165, 1.54) is 22.7 Å². The lowest BCUT2D eigenvalue weighted by Crippen LogP contribution is -2.15. The highest BCUT2D eigenvalue weighted by molar-refractivity contribution is 6.07. The number of rotatable bonds is 6. The van der Waals surface area contributed by atoms with Gasteiger partial charge in [-0.1, -0.05) is 12.1 Å². The minimum absolute atomic E-state index is 0.000504. The fraction of sp³-hybridized carbons (Fsp3) is 0.263. The number of nitrogens with zero attached hydrogens (tertiary/aromatic N) is 5. The number of hydrogen-bond donors (Lipinski definition) is 1. The van der Waals surface area contributed by atoms with Crippen molar-refractivity contribution >= 4 is 23.3 Å². The van der Waals surface area contributed by atoms with Crippen molar-refractivity contribution in [1.82, 2.24) is 19.6 Å². The van der Waals surface area contributed by atoms with Crippen molar-refractivity contribution in [3.63, 3.8) is 0 Å². The van der Waals surface area contributed by atoms with E-state index in [4.69, 9.17) is 0 Å². The largest absolute Gasteiger partial charge is 0.464 e. The zero-order valence-electron chi connectivity index (χ0n) is 16.9. The molecule has 0 bridgehead atoms. The van der Waals surface area contributed by atoms with Gasteiger partial charge >= 0.3 is 11.7 Å². The number of methoxy groups -OCH3 is 1. The molecule has 11 heteroatoms. The lowest BCUT2D eigenvalue weighted by Gasteiger charge is -2.08. The summed E-state index contributed by atoms with van der Waals surface area (Å²) in [5, 5.41) is 22.1. The van der Waals surface area contributed by atoms with Gasteiger partial charge in [-0.2, -0.15) is 10.2 Å². The molecule has 0 fully saturated rings. The second-order valence-corrected chi connectivity index (χ2v) is 6.65. The van der Waals surface area contributed by atoms with Crippen LogP contribution in [0.15, 0.2) is 30.5 Å². The molecule has 1 N–H and O–H groups in total. The van der Waals surface area contributed by atoms with Gasteiger partial charge < -0.3 is 10.1 Å². The molecule has 0 saturated carbocycles. The highest BCUT2D eigenvalue weighted by Gasteiger charge is 2.22. The average Bonchev–Trinajstić information content (AvgIpc) is 3.19. The number of aromatic nitrogens is 4. The Hall–Kier alpha value is -4.02. The Bertz CT molecular complexity index is 1150. The summed E-state index contributed by atoms with van der Waals surface area (Å²) in [6.07, 6.45) is 1.50. The summed E-state index contributed by atoms with van der Waals surface area (Å²) in [7, 11) is 2.85. The van der Waals surface area contributed by atoms with Crippen molar-refractivity contribution in [2.45, 2.75) is 20.4 Å². The number of esters is 1. The first kappa shape index (κ1) is 20.7. The Morgan fingerprint density at radius 3 is 2.63 bits per heavy atom. The molecular weight excluding hydrogens is 392 g/mol. The number of carbonyl (C=O) groups is 2. The number of hydrogen-bond acceptors (Lipinski definition) is 7. The summed E-state index contributed by atoms with van der Waals surface area (Å²) in [6.45, 7) is 3.48. The van der Waals surface area contributed by atoms with Crippen LogP contribution in [0, 0.1) is 24.0 Å². The predicted octanol–water partition coefficient (Wildman–Crippen LogP) is 2.23. The first-order valence-electron chi connectivity index (χ1n) is 8.92. The first-order chi connectivity index (χ1) is 14.2. The van der Waals surface area contributed by atoms with E-state index in [2.05, 4.69) is 20.3 Å². The molecule has 0 radical (unpaired) electrons. The van der Waals surface area contributed by atoms with E-state index in [0.717, 1.165) is 5.56 Å². The highest BCUT2D eigenvalue weighted by Crippen LogP contribution is 2.23. The molecular formula is C19H20N6O5. The summed E-state index contributed by atoms with van der Waals surface area (Å²) in [4.78, 5) is 35.2. The quantitative estimate of drug-likeness (QED) is 0.373. The van der Waals surface area contributed by atoms with Crippen LogP contribution in [0.3, 0.4) is 0 Å². The molecule has 0 aliphatic rings. The number of carbonyl (C=O) groups excluding carboxylic acids is 2. The molecule has 2 aromatic heterocycles. The molecule has 0 aliphatic heterocycles. The third-order valence-corrected chi connectivity index (χ3v) is 4.50. The lowest BCUT2D eigenvalue weighted by molar-refractivity contribution is -0.386. The SMILES string of the molecule is COC(=O)c1nn(C)cc1NC(=O)c1cccc(Cn2nc(C)c([N+](=O)[O-])c2C)c1. The summed E-state index contributed by atoms with van der Waals surface area (Å²) < 4.78 is 7.60. The zero-order chi connectivity index (χ0) is 22.0. The number of anilines is 1. The van der Waals surface area contributed by atoms with Crippen LogP contribution in [0.2, 0.25) is 0 Å². The van der Waals surface area contributed by atoms with Crippen LogP contribution in [0.4, 0.5) is 11.4 Å². The van der Waals surface area contributed by atoms with Crippen molar-refractivity contribution in [2.75, 3.05) is 12.4 Å². The summed E-state index contributed by atoms with van der Waals surface area (Å²) >= 11 is 0. The maximum absolute atomic E-state index is 12.7. The third-order valence-electron chi connectivity index (χ3n) is 4.50. The highest BCUT2D eigenvalue weighted by atomic mass is 16.6. The maximum atomic E-state index is 12.7. The molecule has 156 valence electrons. The van der Waals surface area contributed by atoms with Crippen LogP contribution >= 0.6 is 0 Å². The van der Waals surface area contributed by atoms with E-state index in [1.54, 1.807) is 45.2 Å². The van der Waals surface area contributed by atoms with Crippen LogP contribution in [-0.4, -0.2) is 43.5 Å². The Balaban J connectivity index is 1.83. The fourth-order valence-electron chi connectivity index (χ4n) is 3.11. The van der Waals surface area contributed by atoms with Crippen LogP contribution < -0.4 is 5.32 Å². The minimum atomic E-state index is -0.661. The smallest absolute Gasteiger partial charge is 0.360 e. The van der Waals surface area contributed by atoms with Gasteiger partial charge in [0.05, 0.1) is 24.3 Å². The molecule has 3 rings (SSSR count). The standard InChI is InChI=1S/C19H20N6O5/c1-11-17(25(28)29)12(2)24(21-11)9-13-6-5-7-14(8-13)18(26)20-15-10-23(3)22-16(15)19(27)30-4/h5-8,10H,9H2,1-4H3,(H,20,26). The number of nitro groups is 1. The van der Waals surface area contributed by atoms with Gasteiger partial charge in [0.15, 0.2) is 5.69 Å². The van der Waals surface area contributed by atoms with Crippen molar-refractivity contribution in [2.24, 2.45) is 7.05 Å². The van der Waals surface area contributed by atoms with Gasteiger partial charge in [-0.15, -0.1) is 0 Å². The molecule has 0 atom stereocenters. The number of aryl methyl sites for hydroxylation is 2.